The van der Waals surface area contributed by atoms with Gasteiger partial charge in [-0.3, -0.25) is 9.67 Å². The minimum absolute atomic E-state index is 0.292. The van der Waals surface area contributed by atoms with Gasteiger partial charge in [-0.25, -0.2) is 9.97 Å². The van der Waals surface area contributed by atoms with Gasteiger partial charge in [0.15, 0.2) is 0 Å². The SMILES string of the molecule is CCc1nc(SCc2nc3ccccc3n2C(F)F)n[nH]1. The normalized spacial score (nSPS) is 11.6. The number of fused-ring (bicyclic) bond motifs is 1. The van der Waals surface area contributed by atoms with Crippen LogP contribution in [0.2, 0.25) is 0 Å². The Hall–Kier alpha value is -1.96. The van der Waals surface area contributed by atoms with E-state index in [4.69, 9.17) is 0 Å². The van der Waals surface area contributed by atoms with Gasteiger partial charge in [-0.2, -0.15) is 8.78 Å². The number of aromatic amines is 1. The molecule has 3 aromatic rings. The molecule has 5 nitrogen and oxygen atoms in total. The van der Waals surface area contributed by atoms with Crippen LogP contribution in [-0.4, -0.2) is 24.7 Å². The second-order valence-corrected chi connectivity index (χ2v) is 5.31. The van der Waals surface area contributed by atoms with E-state index in [1.807, 2.05) is 6.92 Å². The van der Waals surface area contributed by atoms with Gasteiger partial charge in [0.25, 0.3) is 0 Å². The summed E-state index contributed by atoms with van der Waals surface area (Å²) in [5.41, 5.74) is 1.00. The van der Waals surface area contributed by atoms with Crippen LogP contribution in [-0.2, 0) is 12.2 Å². The van der Waals surface area contributed by atoms with E-state index in [9.17, 15) is 8.78 Å². The number of nitrogens with zero attached hydrogens (tertiary/aromatic N) is 4. The smallest absolute Gasteiger partial charge is 0.269 e. The first kappa shape index (κ1) is 14.0. The number of para-hydroxylation sites is 2. The highest BCUT2D eigenvalue weighted by molar-refractivity contribution is 7.98. The van der Waals surface area contributed by atoms with Crippen LogP contribution in [0.1, 0.15) is 25.1 Å². The van der Waals surface area contributed by atoms with Crippen LogP contribution in [0.3, 0.4) is 0 Å². The van der Waals surface area contributed by atoms with Crippen molar-refractivity contribution in [3.63, 3.8) is 0 Å². The lowest BCUT2D eigenvalue weighted by molar-refractivity contribution is 0.0722. The second-order valence-electron chi connectivity index (χ2n) is 4.37. The number of thioether (sulfide) groups is 1. The minimum atomic E-state index is -2.62. The molecule has 0 unspecified atom stereocenters. The standard InChI is InChI=1S/C13H13F2N5S/c1-2-10-17-13(19-18-10)21-7-11-16-8-5-3-4-6-9(8)20(11)12(14)15/h3-6,12H,2,7H2,1H3,(H,17,18,19). The first-order chi connectivity index (χ1) is 10.2. The summed E-state index contributed by atoms with van der Waals surface area (Å²) in [4.78, 5) is 8.52. The molecule has 3 rings (SSSR count). The molecule has 0 spiro atoms. The van der Waals surface area contributed by atoms with E-state index in [0.29, 0.717) is 27.8 Å². The zero-order chi connectivity index (χ0) is 14.8. The number of imidazole rings is 1. The van der Waals surface area contributed by atoms with Gasteiger partial charge < -0.3 is 0 Å². The van der Waals surface area contributed by atoms with Gasteiger partial charge in [0.2, 0.25) is 5.16 Å². The summed E-state index contributed by atoms with van der Waals surface area (Å²) < 4.78 is 27.5. The van der Waals surface area contributed by atoms with Crippen molar-refractivity contribution in [2.45, 2.75) is 30.8 Å². The summed E-state index contributed by atoms with van der Waals surface area (Å²) in [6, 6.07) is 6.88. The molecule has 0 amide bonds. The molecule has 2 aromatic heterocycles. The van der Waals surface area contributed by atoms with Crippen molar-refractivity contribution < 1.29 is 8.78 Å². The number of halogens is 2. The minimum Gasteiger partial charge on any atom is -0.269 e. The largest absolute Gasteiger partial charge is 0.320 e. The first-order valence-corrected chi connectivity index (χ1v) is 7.45. The van der Waals surface area contributed by atoms with Gasteiger partial charge in [-0.15, -0.1) is 5.10 Å². The fourth-order valence-corrected chi connectivity index (χ4v) is 2.79. The monoisotopic (exact) mass is 309 g/mol. The number of H-pyrrole nitrogens is 1. The molecule has 1 aromatic carbocycles. The highest BCUT2D eigenvalue weighted by atomic mass is 32.2. The lowest BCUT2D eigenvalue weighted by Crippen LogP contribution is -2.03. The van der Waals surface area contributed by atoms with Crippen LogP contribution in [0.4, 0.5) is 8.78 Å². The molecule has 0 bridgehead atoms. The molecule has 0 saturated heterocycles. The summed E-state index contributed by atoms with van der Waals surface area (Å²) >= 11 is 1.29. The zero-order valence-corrected chi connectivity index (χ0v) is 12.1. The molecule has 0 fully saturated rings. The topological polar surface area (TPSA) is 59.4 Å². The van der Waals surface area contributed by atoms with Gasteiger partial charge >= 0.3 is 6.55 Å². The summed E-state index contributed by atoms with van der Waals surface area (Å²) in [5, 5.41) is 7.37. The van der Waals surface area contributed by atoms with Gasteiger partial charge in [0.1, 0.15) is 11.6 Å². The zero-order valence-electron chi connectivity index (χ0n) is 11.3. The van der Waals surface area contributed by atoms with E-state index >= 15 is 0 Å². The average Bonchev–Trinajstić information content (AvgIpc) is 3.08. The quantitative estimate of drug-likeness (QED) is 0.734. The second kappa shape index (κ2) is 5.80. The number of aromatic nitrogens is 5. The van der Waals surface area contributed by atoms with Crippen LogP contribution in [0.15, 0.2) is 29.4 Å². The van der Waals surface area contributed by atoms with Crippen molar-refractivity contribution in [1.82, 2.24) is 24.7 Å². The molecule has 1 N–H and O–H groups in total. The molecule has 0 aliphatic rings. The lowest BCUT2D eigenvalue weighted by Gasteiger charge is -2.06. The van der Waals surface area contributed by atoms with Crippen molar-refractivity contribution in [3.8, 4) is 0 Å². The first-order valence-electron chi connectivity index (χ1n) is 6.47. The maximum Gasteiger partial charge on any atom is 0.320 e. The van der Waals surface area contributed by atoms with Gasteiger partial charge in [0.05, 0.1) is 16.8 Å². The van der Waals surface area contributed by atoms with Crippen molar-refractivity contribution in [3.05, 3.63) is 35.9 Å². The fraction of sp³-hybridized carbons (Fsp3) is 0.308. The Morgan fingerprint density at radius 2 is 2.10 bits per heavy atom. The van der Waals surface area contributed by atoms with Crippen LogP contribution >= 0.6 is 11.8 Å². The average molecular weight is 309 g/mol. The number of hydrogen-bond donors (Lipinski definition) is 1. The molecular weight excluding hydrogens is 296 g/mol. The number of rotatable bonds is 5. The van der Waals surface area contributed by atoms with Crippen molar-refractivity contribution in [2.75, 3.05) is 0 Å². The summed E-state index contributed by atoms with van der Waals surface area (Å²) in [7, 11) is 0. The molecule has 0 atom stereocenters. The Kier molecular flexibility index (Phi) is 3.87. The van der Waals surface area contributed by atoms with Crippen molar-refractivity contribution >= 4 is 22.8 Å². The van der Waals surface area contributed by atoms with E-state index in [-0.39, 0.29) is 0 Å². The summed E-state index contributed by atoms with van der Waals surface area (Å²) in [6.45, 7) is -0.656. The van der Waals surface area contributed by atoms with Gasteiger partial charge in [-0.05, 0) is 12.1 Å². The fourth-order valence-electron chi connectivity index (χ4n) is 2.04. The summed E-state index contributed by atoms with van der Waals surface area (Å²) in [6.07, 6.45) is 0.753. The van der Waals surface area contributed by atoms with Crippen LogP contribution in [0, 0.1) is 0 Å². The van der Waals surface area contributed by atoms with E-state index in [1.54, 1.807) is 24.3 Å². The molecule has 0 radical (unpaired) electrons. The van der Waals surface area contributed by atoms with Crippen LogP contribution < -0.4 is 0 Å². The van der Waals surface area contributed by atoms with Crippen LogP contribution in [0.25, 0.3) is 11.0 Å². The van der Waals surface area contributed by atoms with Crippen LogP contribution in [0.5, 0.6) is 0 Å². The number of alkyl halides is 2. The molecule has 0 aliphatic heterocycles. The van der Waals surface area contributed by atoms with Crippen molar-refractivity contribution in [1.29, 1.82) is 0 Å². The van der Waals surface area contributed by atoms with Gasteiger partial charge in [-0.1, -0.05) is 30.8 Å². The Labute approximate surface area is 123 Å². The predicted molar refractivity (Wildman–Crippen MR) is 76.3 cm³/mol. The molecule has 110 valence electrons. The molecule has 0 saturated carbocycles. The lowest BCUT2D eigenvalue weighted by atomic mass is 10.3. The Balaban J connectivity index is 1.87. The molecular formula is C13H13F2N5S. The number of nitrogens with one attached hydrogen (secondary N) is 1. The highest BCUT2D eigenvalue weighted by Crippen LogP contribution is 2.27. The van der Waals surface area contributed by atoms with Gasteiger partial charge in [0, 0.05) is 6.42 Å². The molecule has 2 heterocycles. The van der Waals surface area contributed by atoms with E-state index in [0.717, 1.165) is 16.8 Å². The van der Waals surface area contributed by atoms with E-state index < -0.39 is 6.55 Å². The van der Waals surface area contributed by atoms with E-state index in [1.165, 1.54) is 11.8 Å². The Morgan fingerprint density at radius 3 is 2.81 bits per heavy atom. The third-order valence-electron chi connectivity index (χ3n) is 3.04. The number of benzene rings is 1. The van der Waals surface area contributed by atoms with Crippen molar-refractivity contribution in [2.24, 2.45) is 0 Å². The Morgan fingerprint density at radius 1 is 1.29 bits per heavy atom. The number of aryl methyl sites for hydroxylation is 1. The highest BCUT2D eigenvalue weighted by Gasteiger charge is 2.18. The summed E-state index contributed by atoms with van der Waals surface area (Å²) in [5.74, 6) is 1.39. The molecule has 8 heteroatoms. The molecule has 21 heavy (non-hydrogen) atoms. The Bertz CT molecular complexity index is 752. The maximum absolute atomic E-state index is 13.3. The van der Waals surface area contributed by atoms with E-state index in [2.05, 4.69) is 20.2 Å². The maximum atomic E-state index is 13.3. The third-order valence-corrected chi connectivity index (χ3v) is 3.88. The number of hydrogen-bond acceptors (Lipinski definition) is 4. The molecule has 0 aliphatic carbocycles. The third kappa shape index (κ3) is 2.76. The predicted octanol–water partition coefficient (Wildman–Crippen LogP) is 3.40.